The van der Waals surface area contributed by atoms with Crippen molar-refractivity contribution in [3.63, 3.8) is 0 Å². The lowest BCUT2D eigenvalue weighted by Gasteiger charge is -2.39. The van der Waals surface area contributed by atoms with Gasteiger partial charge in [0.15, 0.2) is 0 Å². The van der Waals surface area contributed by atoms with Crippen molar-refractivity contribution in [3.05, 3.63) is 52.1 Å². The molecule has 3 aliphatic rings. The van der Waals surface area contributed by atoms with Gasteiger partial charge < -0.3 is 26.6 Å². The normalized spacial score (nSPS) is 23.1. The summed E-state index contributed by atoms with van der Waals surface area (Å²) in [5, 5.41) is 6.51. The van der Waals surface area contributed by atoms with Crippen LogP contribution < -0.4 is 27.8 Å². The summed E-state index contributed by atoms with van der Waals surface area (Å²) in [6, 6.07) is 8.49. The molecule has 1 aliphatic heterocycles. The predicted molar refractivity (Wildman–Crippen MR) is 150 cm³/mol. The van der Waals surface area contributed by atoms with E-state index in [1.165, 1.54) is 28.5 Å². The summed E-state index contributed by atoms with van der Waals surface area (Å²) in [7, 11) is 0. The van der Waals surface area contributed by atoms with E-state index in [2.05, 4.69) is 27.8 Å². The van der Waals surface area contributed by atoms with Gasteiger partial charge in [0.2, 0.25) is 5.91 Å². The number of carbonyl (C=O) groups is 2. The minimum absolute atomic E-state index is 0.138. The number of fused-ring (bicyclic) bond motifs is 1. The van der Waals surface area contributed by atoms with E-state index in [-0.39, 0.29) is 17.8 Å². The average molecular weight is 537 g/mol. The quantitative estimate of drug-likeness (QED) is 0.427. The lowest BCUT2D eigenvalue weighted by atomic mass is 9.79. The van der Waals surface area contributed by atoms with E-state index in [1.54, 1.807) is 35.9 Å². The maximum Gasteiger partial charge on any atom is 0.354 e. The Morgan fingerprint density at radius 2 is 1.77 bits per heavy atom. The highest BCUT2D eigenvalue weighted by Gasteiger charge is 2.32. The van der Waals surface area contributed by atoms with Gasteiger partial charge in [-0.15, -0.1) is 0 Å². The number of amides is 3. The lowest BCUT2D eigenvalue weighted by Crippen LogP contribution is -2.58. The van der Waals surface area contributed by atoms with Crippen molar-refractivity contribution < 1.29 is 9.59 Å². The summed E-state index contributed by atoms with van der Waals surface area (Å²) in [6.07, 6.45) is 7.02. The van der Waals surface area contributed by atoms with E-state index in [1.807, 2.05) is 6.07 Å². The molecule has 6 N–H and O–H groups in total. The summed E-state index contributed by atoms with van der Waals surface area (Å²) in [6.45, 7) is 5.71. The van der Waals surface area contributed by atoms with Crippen LogP contribution in [-0.2, 0) is 17.6 Å². The third-order valence-corrected chi connectivity index (χ3v) is 8.18. The molecule has 5 rings (SSSR count). The first-order valence-electron chi connectivity index (χ1n) is 13.9. The van der Waals surface area contributed by atoms with Gasteiger partial charge in [0, 0.05) is 44.5 Å². The minimum Gasteiger partial charge on any atom is -0.338 e. The molecule has 39 heavy (non-hydrogen) atoms. The Labute approximate surface area is 228 Å². The van der Waals surface area contributed by atoms with Crippen molar-refractivity contribution in [2.45, 2.75) is 63.6 Å². The van der Waals surface area contributed by atoms with E-state index in [0.717, 1.165) is 31.5 Å². The maximum atomic E-state index is 12.9. The van der Waals surface area contributed by atoms with Gasteiger partial charge in [-0.05, 0) is 87.7 Å². The molecule has 2 aliphatic carbocycles. The van der Waals surface area contributed by atoms with Gasteiger partial charge in [-0.25, -0.2) is 9.59 Å². The molecule has 0 spiro atoms. The van der Waals surface area contributed by atoms with Crippen molar-refractivity contribution in [3.8, 4) is 5.69 Å². The first kappa shape index (κ1) is 27.3. The molecule has 0 radical (unpaired) electrons. The number of nitrogens with zero attached hydrogens (tertiary/aromatic N) is 4. The van der Waals surface area contributed by atoms with Crippen molar-refractivity contribution in [2.75, 3.05) is 38.0 Å². The molecule has 2 heterocycles. The third kappa shape index (κ3) is 6.15. The molecule has 1 saturated carbocycles. The Hall–Kier alpha value is -3.28. The number of hydrogen-bond donors (Lipinski definition) is 4. The van der Waals surface area contributed by atoms with Crippen LogP contribution in [0.3, 0.4) is 0 Å². The van der Waals surface area contributed by atoms with Crippen LogP contribution in [0.15, 0.2) is 35.3 Å². The van der Waals surface area contributed by atoms with E-state index in [4.69, 9.17) is 11.5 Å². The molecule has 1 atom stereocenters. The van der Waals surface area contributed by atoms with Gasteiger partial charge in [-0.1, -0.05) is 6.07 Å². The van der Waals surface area contributed by atoms with E-state index < -0.39 is 11.2 Å². The molecule has 2 fully saturated rings. The van der Waals surface area contributed by atoms with E-state index >= 15 is 0 Å². The molecule has 0 bridgehead atoms. The van der Waals surface area contributed by atoms with Crippen LogP contribution in [0.5, 0.6) is 0 Å². The Bertz CT molecular complexity index is 1270. The Morgan fingerprint density at radius 1 is 1.05 bits per heavy atom. The fourth-order valence-corrected chi connectivity index (χ4v) is 5.81. The number of piperazine rings is 1. The number of aromatic nitrogens is 2. The Morgan fingerprint density at radius 3 is 2.44 bits per heavy atom. The van der Waals surface area contributed by atoms with E-state index in [0.29, 0.717) is 44.2 Å². The number of rotatable bonds is 6. The van der Waals surface area contributed by atoms with Crippen LogP contribution in [0, 0.1) is 5.92 Å². The molecule has 11 heteroatoms. The lowest BCUT2D eigenvalue weighted by molar-refractivity contribution is -0.137. The van der Waals surface area contributed by atoms with Crippen molar-refractivity contribution in [2.24, 2.45) is 17.4 Å². The Balaban J connectivity index is 1.17. The van der Waals surface area contributed by atoms with Crippen LogP contribution in [0.1, 0.15) is 44.2 Å². The molecule has 1 saturated heterocycles. The second kappa shape index (κ2) is 11.1. The molecule has 2 aromatic rings. The second-order valence-electron chi connectivity index (χ2n) is 11.7. The first-order chi connectivity index (χ1) is 18.6. The molecular weight excluding hydrogens is 496 g/mol. The van der Waals surface area contributed by atoms with Crippen LogP contribution in [-0.4, -0.2) is 81.6 Å². The monoisotopic (exact) mass is 536 g/mol. The fraction of sp³-hybridized carbons (Fsp3) is 0.571. The molecule has 1 unspecified atom stereocenters. The fourth-order valence-electron chi connectivity index (χ4n) is 5.81. The number of urea groups is 1. The number of hydrogen-bond acceptors (Lipinski definition) is 7. The summed E-state index contributed by atoms with van der Waals surface area (Å²) < 4.78 is 1.50. The summed E-state index contributed by atoms with van der Waals surface area (Å²) in [4.78, 5) is 45.3. The SMILES string of the molecule is CC(C)(N)C(=O)N1CCN(C(=O)Nc2ccn(-c3ccc4c(c3)CCC(NC3CC(CN)C3)C4)c(=O)n2)CC1. The van der Waals surface area contributed by atoms with Crippen molar-refractivity contribution in [1.29, 1.82) is 0 Å². The van der Waals surface area contributed by atoms with Gasteiger partial charge in [-0.3, -0.25) is 14.7 Å². The van der Waals surface area contributed by atoms with Crippen LogP contribution in [0.4, 0.5) is 10.6 Å². The van der Waals surface area contributed by atoms with Crippen LogP contribution in [0.25, 0.3) is 5.69 Å². The number of benzene rings is 1. The van der Waals surface area contributed by atoms with Gasteiger partial charge >= 0.3 is 11.7 Å². The molecular formula is C28H40N8O3. The molecule has 3 amide bonds. The van der Waals surface area contributed by atoms with Gasteiger partial charge in [0.25, 0.3) is 0 Å². The molecule has 1 aromatic heterocycles. The average Bonchev–Trinajstić information content (AvgIpc) is 2.89. The molecule has 210 valence electrons. The number of nitrogens with one attached hydrogen (secondary N) is 2. The summed E-state index contributed by atoms with van der Waals surface area (Å²) in [5.74, 6) is 0.730. The van der Waals surface area contributed by atoms with Gasteiger partial charge in [0.1, 0.15) is 5.82 Å². The zero-order valence-corrected chi connectivity index (χ0v) is 22.9. The minimum atomic E-state index is -0.944. The number of nitrogens with two attached hydrogens (primary N) is 2. The third-order valence-electron chi connectivity index (χ3n) is 8.18. The molecule has 11 nitrogen and oxygen atoms in total. The highest BCUT2D eigenvalue weighted by atomic mass is 16.2. The number of aryl methyl sites for hydroxylation is 1. The summed E-state index contributed by atoms with van der Waals surface area (Å²) in [5.41, 5.74) is 13.6. The number of carbonyl (C=O) groups excluding carboxylic acids is 2. The standard InChI is InChI=1S/C28H40N8O3/c1-28(2,30)25(37)34-9-11-35(12-10-34)26(38)32-24-7-8-36(27(39)33-24)23-6-4-19-15-21(5-3-20(19)16-23)31-22-13-18(14-22)17-29/h4,6-8,16,18,21-22,31H,3,5,9-15,17,29-30H2,1-2H3,(H,32,33,38,39). The molecule has 1 aromatic carbocycles. The summed E-state index contributed by atoms with van der Waals surface area (Å²) >= 11 is 0. The van der Waals surface area contributed by atoms with Crippen molar-refractivity contribution >= 4 is 17.8 Å². The van der Waals surface area contributed by atoms with Crippen molar-refractivity contribution in [1.82, 2.24) is 24.7 Å². The van der Waals surface area contributed by atoms with E-state index in [9.17, 15) is 14.4 Å². The highest BCUT2D eigenvalue weighted by Crippen LogP contribution is 2.29. The smallest absolute Gasteiger partial charge is 0.338 e. The van der Waals surface area contributed by atoms with Crippen LogP contribution in [0.2, 0.25) is 0 Å². The highest BCUT2D eigenvalue weighted by molar-refractivity contribution is 5.89. The second-order valence-corrected chi connectivity index (χ2v) is 11.7. The Kier molecular flexibility index (Phi) is 7.75. The topological polar surface area (TPSA) is 152 Å². The van der Waals surface area contributed by atoms with Gasteiger partial charge in [-0.2, -0.15) is 4.98 Å². The number of anilines is 1. The van der Waals surface area contributed by atoms with Crippen LogP contribution >= 0.6 is 0 Å². The zero-order chi connectivity index (χ0) is 27.7. The zero-order valence-electron chi connectivity index (χ0n) is 22.9. The first-order valence-corrected chi connectivity index (χ1v) is 13.9. The predicted octanol–water partition coefficient (Wildman–Crippen LogP) is 0.830. The maximum absolute atomic E-state index is 12.9. The largest absolute Gasteiger partial charge is 0.354 e. The van der Waals surface area contributed by atoms with Gasteiger partial charge in [0.05, 0.1) is 11.2 Å².